The van der Waals surface area contributed by atoms with Gasteiger partial charge in [-0.1, -0.05) is 28.1 Å². The largest absolute Gasteiger partial charge is 0.510 e. The summed E-state index contributed by atoms with van der Waals surface area (Å²) in [7, 11) is 1.63. The molecular weight excluding hydrogens is 390 g/mol. The normalized spacial score (nSPS) is 14.8. The fourth-order valence-electron chi connectivity index (χ4n) is 2.63. The Morgan fingerprint density at radius 1 is 1.38 bits per heavy atom. The maximum Gasteiger partial charge on any atom is 0.135 e. The van der Waals surface area contributed by atoms with Gasteiger partial charge in [-0.2, -0.15) is 0 Å². The molecule has 1 aromatic carbocycles. The van der Waals surface area contributed by atoms with E-state index in [0.29, 0.717) is 36.1 Å². The predicted molar refractivity (Wildman–Crippen MR) is 101 cm³/mol. The van der Waals surface area contributed by atoms with E-state index in [-0.39, 0.29) is 5.76 Å². The molecule has 2 N–H and O–H groups in total. The monoisotopic (exact) mass is 407 g/mol. The number of ether oxygens (including phenoxy) is 1. The summed E-state index contributed by atoms with van der Waals surface area (Å²) in [6.45, 7) is 3.44. The topological polar surface area (TPSA) is 69.4 Å². The van der Waals surface area contributed by atoms with Gasteiger partial charge in [0, 0.05) is 28.6 Å². The molecular formula is C17H18BrN3O2S. The minimum Gasteiger partial charge on any atom is -0.510 e. The first kappa shape index (κ1) is 17.1. The minimum atomic E-state index is 0.201. The lowest BCUT2D eigenvalue weighted by atomic mass is 10.1. The summed E-state index contributed by atoms with van der Waals surface area (Å²) in [6.07, 6.45) is 0. The Hall–Kier alpha value is -1.70. The Kier molecular flexibility index (Phi) is 5.03. The number of aliphatic hydroxyl groups is 1. The third-order valence-electron chi connectivity index (χ3n) is 3.88. The van der Waals surface area contributed by atoms with Crippen LogP contribution in [0.25, 0.3) is 16.8 Å². The lowest BCUT2D eigenvalue weighted by Crippen LogP contribution is -2.29. The number of hydrogen-bond acceptors (Lipinski definition) is 5. The van der Waals surface area contributed by atoms with Crippen molar-refractivity contribution in [1.82, 2.24) is 9.88 Å². The van der Waals surface area contributed by atoms with Crippen LogP contribution in [0.5, 0.6) is 0 Å². The van der Waals surface area contributed by atoms with Gasteiger partial charge in [0.2, 0.25) is 0 Å². The highest BCUT2D eigenvalue weighted by molar-refractivity contribution is 9.10. The quantitative estimate of drug-likeness (QED) is 0.782. The van der Waals surface area contributed by atoms with Crippen molar-refractivity contribution in [2.45, 2.75) is 6.92 Å². The number of nitrogens with zero attached hydrogens (tertiary/aromatic N) is 2. The molecule has 24 heavy (non-hydrogen) atoms. The van der Waals surface area contributed by atoms with Gasteiger partial charge in [0.15, 0.2) is 0 Å². The van der Waals surface area contributed by atoms with Crippen molar-refractivity contribution in [1.29, 1.82) is 5.41 Å². The fraction of sp³-hybridized carbons (Fsp3) is 0.294. The van der Waals surface area contributed by atoms with Crippen molar-refractivity contribution in [2.75, 3.05) is 26.8 Å². The summed E-state index contributed by atoms with van der Waals surface area (Å²) in [5.41, 5.74) is 2.45. The number of hydrogen-bond donors (Lipinski definition) is 2. The number of amidine groups is 1. The van der Waals surface area contributed by atoms with E-state index in [4.69, 9.17) is 15.1 Å². The van der Waals surface area contributed by atoms with Crippen LogP contribution in [0.15, 0.2) is 34.5 Å². The number of methoxy groups -OCH3 is 1. The maximum absolute atomic E-state index is 10.3. The molecule has 0 spiro atoms. The van der Waals surface area contributed by atoms with Gasteiger partial charge in [-0.25, -0.2) is 4.98 Å². The molecule has 1 aromatic heterocycles. The van der Waals surface area contributed by atoms with E-state index in [9.17, 15) is 5.11 Å². The number of nitrogens with one attached hydrogen (secondary N) is 1. The summed E-state index contributed by atoms with van der Waals surface area (Å²) in [4.78, 5) is 7.56. The number of thiazole rings is 1. The van der Waals surface area contributed by atoms with Gasteiger partial charge in [0.25, 0.3) is 0 Å². The van der Waals surface area contributed by atoms with E-state index in [0.717, 1.165) is 20.6 Å². The number of aromatic nitrogens is 1. The Labute approximate surface area is 153 Å². The first-order chi connectivity index (χ1) is 11.5. The average molecular weight is 408 g/mol. The summed E-state index contributed by atoms with van der Waals surface area (Å²) >= 11 is 4.94. The molecule has 0 unspecified atom stereocenters. The van der Waals surface area contributed by atoms with Crippen LogP contribution >= 0.6 is 27.3 Å². The summed E-state index contributed by atoms with van der Waals surface area (Å²) < 4.78 is 6.08. The highest BCUT2D eigenvalue weighted by atomic mass is 79.9. The number of aliphatic hydroxyl groups excluding tert-OH is 1. The molecule has 0 saturated heterocycles. The molecule has 126 valence electrons. The molecule has 7 heteroatoms. The van der Waals surface area contributed by atoms with Gasteiger partial charge in [0.05, 0.1) is 24.4 Å². The van der Waals surface area contributed by atoms with Crippen LogP contribution in [-0.4, -0.2) is 47.6 Å². The Balaban J connectivity index is 1.91. The van der Waals surface area contributed by atoms with Crippen molar-refractivity contribution in [3.8, 4) is 11.3 Å². The first-order valence-corrected chi connectivity index (χ1v) is 9.11. The third kappa shape index (κ3) is 3.24. The van der Waals surface area contributed by atoms with E-state index in [1.54, 1.807) is 12.0 Å². The third-order valence-corrected chi connectivity index (χ3v) is 5.39. The molecule has 0 bridgehead atoms. The molecule has 2 aromatic rings. The first-order valence-electron chi connectivity index (χ1n) is 7.50. The second-order valence-electron chi connectivity index (χ2n) is 5.52. The summed E-state index contributed by atoms with van der Waals surface area (Å²) in [5, 5.41) is 19.3. The van der Waals surface area contributed by atoms with Crippen LogP contribution < -0.4 is 0 Å². The molecule has 1 aliphatic heterocycles. The van der Waals surface area contributed by atoms with Gasteiger partial charge in [-0.15, -0.1) is 11.3 Å². The van der Waals surface area contributed by atoms with Crippen LogP contribution in [0, 0.1) is 12.3 Å². The molecule has 3 rings (SSSR count). The van der Waals surface area contributed by atoms with Crippen LogP contribution in [0.4, 0.5) is 0 Å². The van der Waals surface area contributed by atoms with E-state index < -0.39 is 0 Å². The number of rotatable bonds is 5. The highest BCUT2D eigenvalue weighted by Gasteiger charge is 2.30. The molecule has 5 nitrogen and oxygen atoms in total. The van der Waals surface area contributed by atoms with Crippen LogP contribution in [0.2, 0.25) is 0 Å². The second kappa shape index (κ2) is 7.04. The van der Waals surface area contributed by atoms with E-state index in [1.165, 1.54) is 11.3 Å². The second-order valence-corrected chi connectivity index (χ2v) is 7.63. The van der Waals surface area contributed by atoms with Crippen molar-refractivity contribution in [3.05, 3.63) is 44.4 Å². The Morgan fingerprint density at radius 2 is 2.08 bits per heavy atom. The molecule has 0 fully saturated rings. The SMILES string of the molecule is COCCN1CC(O)=C(c2nc(-c3ccc(Br)cc3)c(C)s2)C1=N. The van der Waals surface area contributed by atoms with E-state index in [1.807, 2.05) is 31.2 Å². The molecule has 1 aliphatic rings. The molecule has 0 saturated carbocycles. The van der Waals surface area contributed by atoms with Crippen molar-refractivity contribution in [2.24, 2.45) is 0 Å². The Morgan fingerprint density at radius 3 is 2.75 bits per heavy atom. The van der Waals surface area contributed by atoms with Crippen molar-refractivity contribution >= 4 is 38.7 Å². The molecule has 2 heterocycles. The van der Waals surface area contributed by atoms with Crippen molar-refractivity contribution < 1.29 is 9.84 Å². The van der Waals surface area contributed by atoms with Gasteiger partial charge >= 0.3 is 0 Å². The zero-order valence-corrected chi connectivity index (χ0v) is 15.9. The zero-order chi connectivity index (χ0) is 17.3. The predicted octanol–water partition coefficient (Wildman–Crippen LogP) is 4.09. The molecule has 0 amide bonds. The number of halogens is 1. The van der Waals surface area contributed by atoms with E-state index >= 15 is 0 Å². The molecule has 0 atom stereocenters. The summed E-state index contributed by atoms with van der Waals surface area (Å²) in [6, 6.07) is 7.98. The smallest absolute Gasteiger partial charge is 0.135 e. The molecule has 0 aliphatic carbocycles. The van der Waals surface area contributed by atoms with Gasteiger partial charge < -0.3 is 14.7 Å². The van der Waals surface area contributed by atoms with Crippen molar-refractivity contribution in [3.63, 3.8) is 0 Å². The van der Waals surface area contributed by atoms with Crippen LogP contribution in [-0.2, 0) is 4.74 Å². The van der Waals surface area contributed by atoms with Gasteiger partial charge in [-0.05, 0) is 19.1 Å². The summed E-state index contributed by atoms with van der Waals surface area (Å²) in [5.74, 6) is 0.507. The highest BCUT2D eigenvalue weighted by Crippen LogP contribution is 2.35. The zero-order valence-electron chi connectivity index (χ0n) is 13.5. The maximum atomic E-state index is 10.3. The Bertz CT molecular complexity index is 799. The minimum absolute atomic E-state index is 0.201. The lowest BCUT2D eigenvalue weighted by Gasteiger charge is -2.17. The van der Waals surface area contributed by atoms with Crippen LogP contribution in [0.1, 0.15) is 9.88 Å². The number of benzene rings is 1. The van der Waals surface area contributed by atoms with Gasteiger partial charge in [-0.3, -0.25) is 5.41 Å². The fourth-order valence-corrected chi connectivity index (χ4v) is 3.90. The standard InChI is InChI=1S/C17H18BrN3O2S/c1-10-15(11-3-5-12(18)6-4-11)20-17(24-10)14-13(22)9-21(16(14)19)7-8-23-2/h3-6,19,22H,7-9H2,1-2H3. The van der Waals surface area contributed by atoms with E-state index in [2.05, 4.69) is 15.9 Å². The average Bonchev–Trinajstić information content (AvgIpc) is 3.06. The number of aryl methyl sites for hydroxylation is 1. The van der Waals surface area contributed by atoms with Gasteiger partial charge in [0.1, 0.15) is 16.6 Å². The molecule has 0 radical (unpaired) electrons. The lowest BCUT2D eigenvalue weighted by molar-refractivity contribution is 0.177. The van der Waals surface area contributed by atoms with Crippen LogP contribution in [0.3, 0.4) is 0 Å².